The quantitative estimate of drug-likeness (QED) is 0.650. The van der Waals surface area contributed by atoms with E-state index >= 15 is 0 Å². The summed E-state index contributed by atoms with van der Waals surface area (Å²) in [4.78, 5) is 16.2. The number of hydrogen-bond donors (Lipinski definition) is 3. The van der Waals surface area contributed by atoms with Gasteiger partial charge < -0.3 is 16.2 Å². The second kappa shape index (κ2) is 8.44. The van der Waals surface area contributed by atoms with E-state index in [1.165, 1.54) is 20.0 Å². The lowest BCUT2D eigenvalue weighted by Gasteiger charge is -2.29. The number of aryl methyl sites for hydroxylation is 1. The number of aromatic nitrogens is 4. The molecule has 0 radical (unpaired) electrons. The molecule has 2 heterocycles. The van der Waals surface area contributed by atoms with Crippen LogP contribution in [0, 0.1) is 0 Å². The molecule has 4 N–H and O–H groups in total. The summed E-state index contributed by atoms with van der Waals surface area (Å²) >= 11 is 0. The van der Waals surface area contributed by atoms with Crippen LogP contribution in [0.3, 0.4) is 0 Å². The molecule has 2 aromatic rings. The van der Waals surface area contributed by atoms with Gasteiger partial charge in [0.1, 0.15) is 6.17 Å². The minimum atomic E-state index is -1.56. The topological polar surface area (TPSA) is 119 Å². The Morgan fingerprint density at radius 1 is 1.41 bits per heavy atom. The van der Waals surface area contributed by atoms with Crippen LogP contribution >= 0.6 is 0 Å². The highest BCUT2D eigenvalue weighted by molar-refractivity contribution is 5.99. The molecule has 0 spiro atoms. The van der Waals surface area contributed by atoms with E-state index < -0.39 is 17.7 Å². The van der Waals surface area contributed by atoms with Crippen LogP contribution < -0.4 is 11.1 Å². The summed E-state index contributed by atoms with van der Waals surface area (Å²) < 4.78 is 16.1. The average molecular weight is 404 g/mol. The lowest BCUT2D eigenvalue weighted by molar-refractivity contribution is -0.00307. The molecule has 3 rings (SSSR count). The molecule has 0 bridgehead atoms. The number of pyridine rings is 1. The zero-order valence-corrected chi connectivity index (χ0v) is 17.1. The third kappa shape index (κ3) is 5.09. The van der Waals surface area contributed by atoms with Gasteiger partial charge in [-0.1, -0.05) is 5.21 Å². The smallest absolute Gasteiger partial charge is 0.252 e. The van der Waals surface area contributed by atoms with Gasteiger partial charge in [0.15, 0.2) is 0 Å². The number of nitrogens with zero attached hydrogens (tertiary/aromatic N) is 4. The Bertz CT molecular complexity index is 855. The molecule has 1 atom stereocenters. The van der Waals surface area contributed by atoms with E-state index in [1.807, 2.05) is 13.2 Å². The molecule has 0 aromatic carbocycles. The molecule has 8 nitrogen and oxygen atoms in total. The van der Waals surface area contributed by atoms with Crippen LogP contribution in [0.5, 0.6) is 0 Å². The molecule has 29 heavy (non-hydrogen) atoms. The van der Waals surface area contributed by atoms with Gasteiger partial charge in [0, 0.05) is 37.8 Å². The molecule has 158 valence electrons. The number of aliphatic hydroxyl groups is 1. The van der Waals surface area contributed by atoms with E-state index in [9.17, 15) is 14.3 Å². The monoisotopic (exact) mass is 404 g/mol. The van der Waals surface area contributed by atoms with Crippen molar-refractivity contribution in [2.24, 2.45) is 12.8 Å². The van der Waals surface area contributed by atoms with Crippen LogP contribution in [-0.4, -0.2) is 48.8 Å². The zero-order valence-electron chi connectivity index (χ0n) is 17.1. The first kappa shape index (κ1) is 21.2. The first-order valence-corrected chi connectivity index (χ1v) is 9.92. The molecule has 1 aliphatic rings. The SMILES string of the molecule is Cn1cc(C2CCC(Nc3ccnc(C[C@@H](F)C(C)(C)O)c3C(N)=O)CC2)nn1. The zero-order chi connectivity index (χ0) is 21.2. The minimum Gasteiger partial charge on any atom is -0.387 e. The number of carbonyl (C=O) groups excluding carboxylic acids is 1. The van der Waals surface area contributed by atoms with E-state index in [-0.39, 0.29) is 23.7 Å². The van der Waals surface area contributed by atoms with Gasteiger partial charge in [-0.05, 0) is 45.6 Å². The predicted molar refractivity (Wildman–Crippen MR) is 107 cm³/mol. The van der Waals surface area contributed by atoms with Gasteiger partial charge in [-0.3, -0.25) is 14.5 Å². The molecule has 0 aliphatic heterocycles. The molecular weight excluding hydrogens is 375 g/mol. The lowest BCUT2D eigenvalue weighted by Crippen LogP contribution is -2.35. The molecule has 1 aliphatic carbocycles. The highest BCUT2D eigenvalue weighted by Gasteiger charge is 2.30. The number of alkyl halides is 1. The molecule has 2 aromatic heterocycles. The summed E-state index contributed by atoms with van der Waals surface area (Å²) in [7, 11) is 1.86. The van der Waals surface area contributed by atoms with Gasteiger partial charge >= 0.3 is 0 Å². The van der Waals surface area contributed by atoms with Crippen LogP contribution in [0.4, 0.5) is 10.1 Å². The average Bonchev–Trinajstić information content (AvgIpc) is 3.08. The van der Waals surface area contributed by atoms with Gasteiger partial charge in [-0.2, -0.15) is 0 Å². The Balaban J connectivity index is 1.71. The third-order valence-corrected chi connectivity index (χ3v) is 5.54. The maximum atomic E-state index is 14.4. The minimum absolute atomic E-state index is 0.173. The second-order valence-corrected chi connectivity index (χ2v) is 8.38. The van der Waals surface area contributed by atoms with Gasteiger partial charge in [-0.25, -0.2) is 4.39 Å². The highest BCUT2D eigenvalue weighted by atomic mass is 19.1. The van der Waals surface area contributed by atoms with E-state index in [0.29, 0.717) is 11.6 Å². The van der Waals surface area contributed by atoms with Crippen molar-refractivity contribution in [2.45, 2.75) is 69.7 Å². The van der Waals surface area contributed by atoms with Crippen molar-refractivity contribution in [1.82, 2.24) is 20.0 Å². The van der Waals surface area contributed by atoms with Crippen molar-refractivity contribution in [3.8, 4) is 0 Å². The summed E-state index contributed by atoms with van der Waals surface area (Å²) in [6.45, 7) is 2.78. The summed E-state index contributed by atoms with van der Waals surface area (Å²) in [6.07, 6.45) is 5.49. The number of nitrogens with one attached hydrogen (secondary N) is 1. The van der Waals surface area contributed by atoms with Crippen LogP contribution in [-0.2, 0) is 13.5 Å². The maximum Gasteiger partial charge on any atom is 0.252 e. The molecule has 1 saturated carbocycles. The molecule has 9 heteroatoms. The number of halogens is 1. The third-order valence-electron chi connectivity index (χ3n) is 5.54. The number of rotatable bonds is 7. The lowest BCUT2D eigenvalue weighted by atomic mass is 9.84. The van der Waals surface area contributed by atoms with Crippen LogP contribution in [0.25, 0.3) is 0 Å². The Kier molecular flexibility index (Phi) is 6.16. The van der Waals surface area contributed by atoms with E-state index in [4.69, 9.17) is 5.73 Å². The predicted octanol–water partition coefficient (Wildman–Crippen LogP) is 2.10. The Morgan fingerprint density at radius 2 is 2.10 bits per heavy atom. The van der Waals surface area contributed by atoms with Crippen molar-refractivity contribution in [3.05, 3.63) is 35.4 Å². The first-order chi connectivity index (χ1) is 13.6. The summed E-state index contributed by atoms with van der Waals surface area (Å²) in [6, 6.07) is 1.86. The first-order valence-electron chi connectivity index (χ1n) is 9.92. The molecular formula is C20H29FN6O2. The van der Waals surface area contributed by atoms with E-state index in [0.717, 1.165) is 31.4 Å². The largest absolute Gasteiger partial charge is 0.387 e. The Morgan fingerprint density at radius 3 is 2.66 bits per heavy atom. The van der Waals surface area contributed by atoms with Crippen molar-refractivity contribution < 1.29 is 14.3 Å². The fourth-order valence-electron chi connectivity index (χ4n) is 3.78. The van der Waals surface area contributed by atoms with Gasteiger partial charge in [0.05, 0.1) is 28.2 Å². The van der Waals surface area contributed by atoms with Crippen LogP contribution in [0.1, 0.15) is 67.2 Å². The molecule has 1 fully saturated rings. The van der Waals surface area contributed by atoms with E-state index in [1.54, 1.807) is 10.7 Å². The van der Waals surface area contributed by atoms with Gasteiger partial charge in [0.25, 0.3) is 5.91 Å². The summed E-state index contributed by atoms with van der Waals surface area (Å²) in [5.41, 5.74) is 6.07. The molecule has 0 unspecified atom stereocenters. The number of hydrogen-bond acceptors (Lipinski definition) is 6. The maximum absolute atomic E-state index is 14.4. The van der Waals surface area contributed by atoms with Crippen LogP contribution in [0.15, 0.2) is 18.5 Å². The summed E-state index contributed by atoms with van der Waals surface area (Å²) in [5.74, 6) is -0.281. The molecule has 1 amide bonds. The van der Waals surface area contributed by atoms with Crippen molar-refractivity contribution in [1.29, 1.82) is 0 Å². The van der Waals surface area contributed by atoms with Crippen molar-refractivity contribution >= 4 is 11.6 Å². The van der Waals surface area contributed by atoms with Crippen molar-refractivity contribution in [2.75, 3.05) is 5.32 Å². The number of nitrogens with two attached hydrogens (primary N) is 1. The van der Waals surface area contributed by atoms with Gasteiger partial charge in [-0.15, -0.1) is 5.10 Å². The Labute approximate surface area is 169 Å². The van der Waals surface area contributed by atoms with Crippen molar-refractivity contribution in [3.63, 3.8) is 0 Å². The fraction of sp³-hybridized carbons (Fsp3) is 0.600. The standard InChI is InChI=1S/C20H29FN6O2/c1-20(2,29)17(21)10-15-18(19(22)28)14(8-9-23-15)24-13-6-4-12(5-7-13)16-11-27(3)26-25-16/h8-9,11-13,17,29H,4-7,10H2,1-3H3,(H2,22,28)(H,23,24)/t12?,13?,17-/m1/s1. The Hall–Kier alpha value is -2.55. The van der Waals surface area contributed by atoms with Gasteiger partial charge in [0.2, 0.25) is 0 Å². The second-order valence-electron chi connectivity index (χ2n) is 8.38. The highest BCUT2D eigenvalue weighted by Crippen LogP contribution is 2.33. The molecule has 0 saturated heterocycles. The van der Waals surface area contributed by atoms with E-state index in [2.05, 4.69) is 20.6 Å². The summed E-state index contributed by atoms with van der Waals surface area (Å²) in [5, 5.41) is 21.5. The van der Waals surface area contributed by atoms with Crippen LogP contribution in [0.2, 0.25) is 0 Å². The number of amides is 1. The number of primary amides is 1. The normalized spacial score (nSPS) is 21.0. The number of anilines is 1. The fourth-order valence-corrected chi connectivity index (χ4v) is 3.78. The number of carbonyl (C=O) groups is 1.